The molecule has 0 amide bonds. The highest BCUT2D eigenvalue weighted by molar-refractivity contribution is 9.10. The van der Waals surface area contributed by atoms with Gasteiger partial charge in [-0.1, -0.05) is 78.6 Å². The summed E-state index contributed by atoms with van der Waals surface area (Å²) in [7, 11) is 0. The smallest absolute Gasteiger partial charge is 0.118 e. The topological polar surface area (TPSA) is 32.6 Å². The minimum absolute atomic E-state index is 0.119. The van der Waals surface area contributed by atoms with Crippen molar-refractivity contribution >= 4 is 21.6 Å². The molecule has 25 heavy (non-hydrogen) atoms. The maximum absolute atomic E-state index is 9.73. The highest BCUT2D eigenvalue weighted by Gasteiger charge is 2.37. The summed E-state index contributed by atoms with van der Waals surface area (Å²) in [6.45, 7) is 11.3. The van der Waals surface area contributed by atoms with Gasteiger partial charge in [0.2, 0.25) is 0 Å². The minimum atomic E-state index is 0.119. The average Bonchev–Trinajstić information content (AvgIpc) is 2.55. The highest BCUT2D eigenvalue weighted by Crippen LogP contribution is 2.47. The molecule has 0 heterocycles. The lowest BCUT2D eigenvalue weighted by Crippen LogP contribution is -2.34. The number of halogens is 1. The standard InChI is InChI=1S/C22H26BrNO/c1-14-6-8-15(9-7-14)20(24-25)16-12-17-18(13-19(16)23)22(4,5)11-10-21(17,2)3/h6-9,12-13,25H,10-11H2,1-5H3/b24-20+. The van der Waals surface area contributed by atoms with Gasteiger partial charge in [0.15, 0.2) is 0 Å². The zero-order valence-electron chi connectivity index (χ0n) is 15.7. The Morgan fingerprint density at radius 1 is 0.960 bits per heavy atom. The van der Waals surface area contributed by atoms with Gasteiger partial charge in [0.25, 0.3) is 0 Å². The molecule has 0 bridgehead atoms. The summed E-state index contributed by atoms with van der Waals surface area (Å²) in [5.41, 5.74) is 6.68. The normalized spacial score (nSPS) is 18.7. The van der Waals surface area contributed by atoms with Crippen molar-refractivity contribution in [2.24, 2.45) is 5.16 Å². The first kappa shape index (κ1) is 18.2. The number of aryl methyl sites for hydroxylation is 1. The largest absolute Gasteiger partial charge is 0.410 e. The summed E-state index contributed by atoms with van der Waals surface area (Å²) in [6.07, 6.45) is 2.34. The summed E-state index contributed by atoms with van der Waals surface area (Å²) < 4.78 is 0.977. The highest BCUT2D eigenvalue weighted by atomic mass is 79.9. The molecular weight excluding hydrogens is 374 g/mol. The molecule has 0 fully saturated rings. The van der Waals surface area contributed by atoms with Crippen LogP contribution in [0, 0.1) is 6.92 Å². The molecular formula is C22H26BrNO. The van der Waals surface area contributed by atoms with Gasteiger partial charge in [-0.05, 0) is 53.9 Å². The van der Waals surface area contributed by atoms with Crippen molar-refractivity contribution in [3.63, 3.8) is 0 Å². The Kier molecular flexibility index (Phi) is 4.57. The number of hydrogen-bond acceptors (Lipinski definition) is 2. The van der Waals surface area contributed by atoms with Gasteiger partial charge in [-0.25, -0.2) is 0 Å². The first-order chi connectivity index (χ1) is 11.7. The number of rotatable bonds is 2. The monoisotopic (exact) mass is 399 g/mol. The molecule has 0 saturated heterocycles. The van der Waals surface area contributed by atoms with Gasteiger partial charge >= 0.3 is 0 Å². The second-order valence-electron chi connectivity index (χ2n) is 8.46. The van der Waals surface area contributed by atoms with Crippen LogP contribution in [0.25, 0.3) is 0 Å². The minimum Gasteiger partial charge on any atom is -0.410 e. The third kappa shape index (κ3) is 3.27. The first-order valence-electron chi connectivity index (χ1n) is 8.80. The molecule has 1 N–H and O–H groups in total. The van der Waals surface area contributed by atoms with Gasteiger partial charge in [0.1, 0.15) is 5.71 Å². The molecule has 0 saturated carbocycles. The Morgan fingerprint density at radius 2 is 1.48 bits per heavy atom. The molecule has 3 rings (SSSR count). The molecule has 2 aromatic carbocycles. The molecule has 1 aliphatic rings. The second kappa shape index (κ2) is 6.28. The summed E-state index contributed by atoms with van der Waals surface area (Å²) in [6, 6.07) is 12.5. The molecule has 1 aliphatic carbocycles. The number of hydrogen-bond donors (Lipinski definition) is 1. The van der Waals surface area contributed by atoms with E-state index in [1.165, 1.54) is 23.1 Å². The van der Waals surface area contributed by atoms with E-state index < -0.39 is 0 Å². The lowest BCUT2D eigenvalue weighted by atomic mass is 9.63. The van der Waals surface area contributed by atoms with Gasteiger partial charge in [-0.15, -0.1) is 0 Å². The van der Waals surface area contributed by atoms with Gasteiger partial charge in [-0.2, -0.15) is 0 Å². The SMILES string of the molecule is Cc1ccc(/C(=N\O)c2cc3c(cc2Br)C(C)(C)CCC3(C)C)cc1. The first-order valence-corrected chi connectivity index (χ1v) is 9.59. The van der Waals surface area contributed by atoms with Crippen molar-refractivity contribution in [3.8, 4) is 0 Å². The molecule has 0 spiro atoms. The van der Waals surface area contributed by atoms with Crippen molar-refractivity contribution in [1.82, 2.24) is 0 Å². The van der Waals surface area contributed by atoms with E-state index in [1.807, 2.05) is 24.3 Å². The summed E-state index contributed by atoms with van der Waals surface area (Å²) in [4.78, 5) is 0. The zero-order valence-corrected chi connectivity index (χ0v) is 17.2. The van der Waals surface area contributed by atoms with Crippen molar-refractivity contribution in [1.29, 1.82) is 0 Å². The zero-order chi connectivity index (χ0) is 18.4. The number of oxime groups is 1. The van der Waals surface area contributed by atoms with E-state index in [4.69, 9.17) is 0 Å². The predicted molar refractivity (Wildman–Crippen MR) is 108 cm³/mol. The van der Waals surface area contributed by atoms with Crippen LogP contribution in [-0.2, 0) is 10.8 Å². The maximum atomic E-state index is 9.73. The Labute approximate surface area is 159 Å². The fourth-order valence-corrected chi connectivity index (χ4v) is 4.28. The van der Waals surface area contributed by atoms with Crippen LogP contribution >= 0.6 is 15.9 Å². The molecule has 0 aromatic heterocycles. The van der Waals surface area contributed by atoms with Crippen LogP contribution in [0.15, 0.2) is 46.0 Å². The van der Waals surface area contributed by atoms with E-state index in [0.717, 1.165) is 22.0 Å². The fourth-order valence-electron chi connectivity index (χ4n) is 3.75. The van der Waals surface area contributed by atoms with Crippen LogP contribution in [0.5, 0.6) is 0 Å². The van der Waals surface area contributed by atoms with Crippen molar-refractivity contribution < 1.29 is 5.21 Å². The second-order valence-corrected chi connectivity index (χ2v) is 9.31. The third-order valence-electron chi connectivity index (χ3n) is 5.62. The van der Waals surface area contributed by atoms with Gasteiger partial charge in [0, 0.05) is 15.6 Å². The summed E-state index contributed by atoms with van der Waals surface area (Å²) in [5, 5.41) is 13.4. The number of fused-ring (bicyclic) bond motifs is 1. The number of nitrogens with zero attached hydrogens (tertiary/aromatic N) is 1. The predicted octanol–water partition coefficient (Wildman–Crippen LogP) is 6.33. The van der Waals surface area contributed by atoms with E-state index in [-0.39, 0.29) is 10.8 Å². The Hall–Kier alpha value is -1.61. The molecule has 0 radical (unpaired) electrons. The quantitative estimate of drug-likeness (QED) is 0.356. The van der Waals surface area contributed by atoms with Crippen LogP contribution in [0.3, 0.4) is 0 Å². The van der Waals surface area contributed by atoms with Crippen LogP contribution in [0.2, 0.25) is 0 Å². The Bertz CT molecular complexity index is 832. The van der Waals surface area contributed by atoms with Gasteiger partial charge in [0.05, 0.1) is 0 Å². The molecule has 0 aliphatic heterocycles. The van der Waals surface area contributed by atoms with E-state index in [2.05, 4.69) is 67.8 Å². The third-order valence-corrected chi connectivity index (χ3v) is 6.28. The van der Waals surface area contributed by atoms with Crippen LogP contribution in [-0.4, -0.2) is 10.9 Å². The average molecular weight is 400 g/mol. The van der Waals surface area contributed by atoms with E-state index in [1.54, 1.807) is 0 Å². The van der Waals surface area contributed by atoms with Crippen LogP contribution < -0.4 is 0 Å². The Morgan fingerprint density at radius 3 is 2.00 bits per heavy atom. The van der Waals surface area contributed by atoms with Crippen molar-refractivity contribution in [2.45, 2.75) is 58.3 Å². The van der Waals surface area contributed by atoms with Crippen molar-refractivity contribution in [3.05, 3.63) is 68.7 Å². The molecule has 2 nitrogen and oxygen atoms in total. The fraction of sp³-hybridized carbons (Fsp3) is 0.409. The summed E-state index contributed by atoms with van der Waals surface area (Å²) in [5.74, 6) is 0. The van der Waals surface area contributed by atoms with Crippen LogP contribution in [0.1, 0.15) is 68.4 Å². The lowest BCUT2D eigenvalue weighted by Gasteiger charge is -2.42. The molecule has 132 valence electrons. The van der Waals surface area contributed by atoms with E-state index in [9.17, 15) is 5.21 Å². The van der Waals surface area contributed by atoms with Crippen molar-refractivity contribution in [2.75, 3.05) is 0 Å². The van der Waals surface area contributed by atoms with E-state index >= 15 is 0 Å². The molecule has 0 atom stereocenters. The van der Waals surface area contributed by atoms with E-state index in [0.29, 0.717) is 5.71 Å². The molecule has 2 aromatic rings. The Balaban J connectivity index is 2.19. The van der Waals surface area contributed by atoms with Crippen LogP contribution in [0.4, 0.5) is 0 Å². The van der Waals surface area contributed by atoms with Gasteiger partial charge < -0.3 is 5.21 Å². The summed E-state index contributed by atoms with van der Waals surface area (Å²) >= 11 is 3.73. The molecule has 0 unspecified atom stereocenters. The number of benzene rings is 2. The molecule has 3 heteroatoms. The van der Waals surface area contributed by atoms with Gasteiger partial charge in [-0.3, -0.25) is 0 Å². The maximum Gasteiger partial charge on any atom is 0.118 e. The lowest BCUT2D eigenvalue weighted by molar-refractivity contribution is 0.319.